The van der Waals surface area contributed by atoms with Gasteiger partial charge in [0.05, 0.1) is 15.9 Å². The molecule has 0 fully saturated rings. The molecular weight excluding hydrogens is 322 g/mol. The summed E-state index contributed by atoms with van der Waals surface area (Å²) in [5.74, 6) is -0.183. The summed E-state index contributed by atoms with van der Waals surface area (Å²) in [6.07, 6.45) is 3.08. The molecule has 2 aromatic heterocycles. The quantitative estimate of drug-likeness (QED) is 0.622. The van der Waals surface area contributed by atoms with Crippen molar-refractivity contribution in [2.24, 2.45) is 0 Å². The Morgan fingerprint density at radius 1 is 1.17 bits per heavy atom. The Morgan fingerprint density at radius 3 is 2.71 bits per heavy atom. The van der Waals surface area contributed by atoms with Crippen LogP contribution >= 0.6 is 11.3 Å². The molecule has 2 heterocycles. The summed E-state index contributed by atoms with van der Waals surface area (Å²) in [5, 5.41) is 7.52. The minimum atomic E-state index is -0.183. The van der Waals surface area contributed by atoms with Gasteiger partial charge in [-0.25, -0.2) is 14.6 Å². The molecule has 2 aromatic carbocycles. The number of aryl methyl sites for hydroxylation is 1. The lowest BCUT2D eigenvalue weighted by atomic mass is 10.2. The van der Waals surface area contributed by atoms with Crippen molar-refractivity contribution >= 4 is 32.6 Å². The normalized spacial score (nSPS) is 10.9. The van der Waals surface area contributed by atoms with Crippen LogP contribution in [0, 0.1) is 6.92 Å². The molecule has 0 atom stereocenters. The van der Waals surface area contributed by atoms with Gasteiger partial charge in [-0.05, 0) is 42.8 Å². The molecule has 0 spiro atoms. The van der Waals surface area contributed by atoms with E-state index in [1.807, 2.05) is 37.3 Å². The van der Waals surface area contributed by atoms with Crippen LogP contribution in [0.3, 0.4) is 0 Å². The van der Waals surface area contributed by atoms with Crippen molar-refractivity contribution in [3.63, 3.8) is 0 Å². The lowest BCUT2D eigenvalue weighted by Gasteiger charge is -2.03. The molecule has 0 unspecified atom stereocenters. The molecule has 4 rings (SSSR count). The highest BCUT2D eigenvalue weighted by Gasteiger charge is 2.11. The number of hydrogen-bond acceptors (Lipinski definition) is 5. The molecule has 1 N–H and O–H groups in total. The third-order valence-electron chi connectivity index (χ3n) is 3.65. The molecule has 0 saturated carbocycles. The Hall–Kier alpha value is -3.06. The monoisotopic (exact) mass is 335 g/mol. The van der Waals surface area contributed by atoms with Gasteiger partial charge in [0.25, 0.3) is 5.91 Å². The standard InChI is InChI=1S/C17H13N5OS/c1-11-3-2-4-14-15(11)20-17(24-14)21-16(23)12-5-7-13(8-6-12)22-10-18-9-19-22/h2-10H,1H3,(H,20,21,23). The van der Waals surface area contributed by atoms with Gasteiger partial charge in [-0.15, -0.1) is 0 Å². The highest BCUT2D eigenvalue weighted by molar-refractivity contribution is 7.22. The highest BCUT2D eigenvalue weighted by Crippen LogP contribution is 2.28. The summed E-state index contributed by atoms with van der Waals surface area (Å²) in [6.45, 7) is 2.01. The lowest BCUT2D eigenvalue weighted by Crippen LogP contribution is -2.11. The number of anilines is 1. The minimum absolute atomic E-state index is 0.183. The number of para-hydroxylation sites is 1. The molecule has 24 heavy (non-hydrogen) atoms. The predicted octanol–water partition coefficient (Wildman–Crippen LogP) is 3.44. The van der Waals surface area contributed by atoms with E-state index in [2.05, 4.69) is 20.4 Å². The third kappa shape index (κ3) is 2.65. The number of nitrogens with one attached hydrogen (secondary N) is 1. The van der Waals surface area contributed by atoms with Crippen LogP contribution in [0.1, 0.15) is 15.9 Å². The number of benzene rings is 2. The molecule has 0 saturated heterocycles. The first-order valence-corrected chi connectivity index (χ1v) is 8.15. The lowest BCUT2D eigenvalue weighted by molar-refractivity contribution is 0.102. The van der Waals surface area contributed by atoms with Gasteiger partial charge in [0.1, 0.15) is 12.7 Å². The van der Waals surface area contributed by atoms with Gasteiger partial charge in [0.15, 0.2) is 5.13 Å². The van der Waals surface area contributed by atoms with Gasteiger partial charge in [-0.3, -0.25) is 10.1 Å². The molecule has 6 nitrogen and oxygen atoms in total. The van der Waals surface area contributed by atoms with Crippen LogP contribution in [-0.2, 0) is 0 Å². The van der Waals surface area contributed by atoms with Crippen molar-refractivity contribution in [3.8, 4) is 5.69 Å². The molecule has 0 aliphatic carbocycles. The van der Waals surface area contributed by atoms with E-state index in [-0.39, 0.29) is 5.91 Å². The second kappa shape index (κ2) is 5.86. The van der Waals surface area contributed by atoms with Gasteiger partial charge >= 0.3 is 0 Å². The van der Waals surface area contributed by atoms with Crippen LogP contribution in [-0.4, -0.2) is 25.7 Å². The summed E-state index contributed by atoms with van der Waals surface area (Å²) in [6, 6.07) is 13.2. The zero-order chi connectivity index (χ0) is 16.5. The first-order valence-electron chi connectivity index (χ1n) is 7.33. The highest BCUT2D eigenvalue weighted by atomic mass is 32.1. The number of amides is 1. The number of aromatic nitrogens is 4. The van der Waals surface area contributed by atoms with Gasteiger partial charge in [-0.1, -0.05) is 23.5 Å². The Balaban J connectivity index is 1.56. The summed E-state index contributed by atoms with van der Waals surface area (Å²) in [5.41, 5.74) is 3.44. The third-order valence-corrected chi connectivity index (χ3v) is 4.59. The van der Waals surface area contributed by atoms with E-state index in [4.69, 9.17) is 0 Å². The molecular formula is C17H13N5OS. The summed E-state index contributed by atoms with van der Waals surface area (Å²) < 4.78 is 2.70. The molecule has 1 amide bonds. The second-order valence-electron chi connectivity index (χ2n) is 5.28. The Bertz CT molecular complexity index is 1010. The van der Waals surface area contributed by atoms with Crippen LogP contribution in [0.4, 0.5) is 5.13 Å². The molecule has 0 bridgehead atoms. The predicted molar refractivity (Wildman–Crippen MR) is 93.7 cm³/mol. The minimum Gasteiger partial charge on any atom is -0.298 e. The van der Waals surface area contributed by atoms with Gasteiger partial charge in [-0.2, -0.15) is 5.10 Å². The maximum Gasteiger partial charge on any atom is 0.257 e. The zero-order valence-electron chi connectivity index (χ0n) is 12.8. The van der Waals surface area contributed by atoms with E-state index in [9.17, 15) is 4.79 Å². The fraction of sp³-hybridized carbons (Fsp3) is 0.0588. The number of rotatable bonds is 3. The maximum atomic E-state index is 12.4. The van der Waals surface area contributed by atoms with Crippen molar-refractivity contribution < 1.29 is 4.79 Å². The first-order chi connectivity index (χ1) is 11.7. The number of hydrogen-bond donors (Lipinski definition) is 1. The van der Waals surface area contributed by atoms with E-state index < -0.39 is 0 Å². The summed E-state index contributed by atoms with van der Waals surface area (Å²) in [4.78, 5) is 20.8. The molecule has 0 aliphatic rings. The Labute approximate surface area is 141 Å². The number of nitrogens with zero attached hydrogens (tertiary/aromatic N) is 4. The Kier molecular flexibility index (Phi) is 3.55. The van der Waals surface area contributed by atoms with Crippen LogP contribution in [0.2, 0.25) is 0 Å². The van der Waals surface area contributed by atoms with Gasteiger partial charge in [0, 0.05) is 5.56 Å². The fourth-order valence-corrected chi connectivity index (χ4v) is 3.35. The van der Waals surface area contributed by atoms with Crippen LogP contribution < -0.4 is 5.32 Å². The number of carbonyl (C=O) groups is 1. The van der Waals surface area contributed by atoms with Crippen LogP contribution in [0.25, 0.3) is 15.9 Å². The molecule has 7 heteroatoms. The maximum absolute atomic E-state index is 12.4. The van der Waals surface area contributed by atoms with Crippen LogP contribution in [0.15, 0.2) is 55.1 Å². The van der Waals surface area contributed by atoms with Crippen molar-refractivity contribution in [2.45, 2.75) is 6.92 Å². The molecule has 0 radical (unpaired) electrons. The van der Waals surface area contributed by atoms with Crippen molar-refractivity contribution in [2.75, 3.05) is 5.32 Å². The second-order valence-corrected chi connectivity index (χ2v) is 6.31. The van der Waals surface area contributed by atoms with E-state index in [1.165, 1.54) is 17.7 Å². The number of fused-ring (bicyclic) bond motifs is 1. The van der Waals surface area contributed by atoms with Crippen molar-refractivity contribution in [1.82, 2.24) is 19.7 Å². The zero-order valence-corrected chi connectivity index (χ0v) is 13.6. The average molecular weight is 335 g/mol. The van der Waals surface area contributed by atoms with Gasteiger partial charge in [0.2, 0.25) is 0 Å². The van der Waals surface area contributed by atoms with Crippen LogP contribution in [0.5, 0.6) is 0 Å². The summed E-state index contributed by atoms with van der Waals surface area (Å²) >= 11 is 1.47. The molecule has 118 valence electrons. The van der Waals surface area contributed by atoms with Crippen molar-refractivity contribution in [3.05, 3.63) is 66.2 Å². The first kappa shape index (κ1) is 14.5. The fourth-order valence-electron chi connectivity index (χ4n) is 2.42. The topological polar surface area (TPSA) is 72.7 Å². The summed E-state index contributed by atoms with van der Waals surface area (Å²) in [7, 11) is 0. The van der Waals surface area contributed by atoms with E-state index in [0.717, 1.165) is 21.5 Å². The van der Waals surface area contributed by atoms with E-state index in [0.29, 0.717) is 10.7 Å². The molecule has 4 aromatic rings. The van der Waals surface area contributed by atoms with E-state index in [1.54, 1.807) is 23.1 Å². The van der Waals surface area contributed by atoms with Gasteiger partial charge < -0.3 is 0 Å². The average Bonchev–Trinajstić information content (AvgIpc) is 3.25. The van der Waals surface area contributed by atoms with Crippen molar-refractivity contribution in [1.29, 1.82) is 0 Å². The SMILES string of the molecule is Cc1cccc2sc(NC(=O)c3ccc(-n4cncn4)cc3)nc12. The molecule has 0 aliphatic heterocycles. The van der Waals surface area contributed by atoms with E-state index >= 15 is 0 Å². The number of carbonyl (C=O) groups excluding carboxylic acids is 1. The number of thiazole rings is 1. The largest absolute Gasteiger partial charge is 0.298 e. The smallest absolute Gasteiger partial charge is 0.257 e. The Morgan fingerprint density at radius 2 is 2.00 bits per heavy atom.